The van der Waals surface area contributed by atoms with Gasteiger partial charge in [-0.1, -0.05) is 35.9 Å². The molecule has 0 atom stereocenters. The number of carbonyl (C=O) groups excluding carboxylic acids is 1. The SMILES string of the molecule is Nc1c(Cl)cccc1C(=O)Nc1ccccc1. The van der Waals surface area contributed by atoms with E-state index < -0.39 is 0 Å². The Bertz CT molecular complexity index is 540. The highest BCUT2D eigenvalue weighted by molar-refractivity contribution is 6.34. The van der Waals surface area contributed by atoms with Gasteiger partial charge < -0.3 is 11.1 Å². The molecule has 2 aromatic rings. The first-order valence-electron chi connectivity index (χ1n) is 5.09. The summed E-state index contributed by atoms with van der Waals surface area (Å²) in [4.78, 5) is 11.9. The van der Waals surface area contributed by atoms with Crippen LogP contribution in [0.25, 0.3) is 0 Å². The largest absolute Gasteiger partial charge is 0.397 e. The van der Waals surface area contributed by atoms with Gasteiger partial charge in [-0.05, 0) is 24.3 Å². The molecule has 17 heavy (non-hydrogen) atoms. The van der Waals surface area contributed by atoms with Crippen molar-refractivity contribution in [3.8, 4) is 0 Å². The summed E-state index contributed by atoms with van der Waals surface area (Å²) in [6.45, 7) is 0. The van der Waals surface area contributed by atoms with E-state index in [4.69, 9.17) is 17.3 Å². The average molecular weight is 247 g/mol. The molecule has 0 aliphatic heterocycles. The quantitative estimate of drug-likeness (QED) is 0.800. The number of hydrogen-bond acceptors (Lipinski definition) is 2. The van der Waals surface area contributed by atoms with Crippen LogP contribution in [0, 0.1) is 0 Å². The molecule has 0 aromatic heterocycles. The molecule has 0 aliphatic rings. The average Bonchev–Trinajstić information content (AvgIpc) is 2.34. The number of amides is 1. The zero-order chi connectivity index (χ0) is 12.3. The number of halogens is 1. The molecule has 0 fully saturated rings. The first kappa shape index (κ1) is 11.5. The van der Waals surface area contributed by atoms with Crippen molar-refractivity contribution < 1.29 is 4.79 Å². The van der Waals surface area contributed by atoms with Gasteiger partial charge in [0.05, 0.1) is 16.3 Å². The predicted molar refractivity (Wildman–Crippen MR) is 70.3 cm³/mol. The fourth-order valence-corrected chi connectivity index (χ4v) is 1.63. The van der Waals surface area contributed by atoms with Crippen LogP contribution in [0.4, 0.5) is 11.4 Å². The first-order valence-corrected chi connectivity index (χ1v) is 5.46. The van der Waals surface area contributed by atoms with Gasteiger partial charge in [0.2, 0.25) is 0 Å². The van der Waals surface area contributed by atoms with Crippen LogP contribution in [0.15, 0.2) is 48.5 Å². The number of hydrogen-bond donors (Lipinski definition) is 2. The van der Waals surface area contributed by atoms with Gasteiger partial charge in [-0.25, -0.2) is 0 Å². The lowest BCUT2D eigenvalue weighted by Gasteiger charge is -2.08. The van der Waals surface area contributed by atoms with Crippen molar-refractivity contribution in [3.63, 3.8) is 0 Å². The molecule has 0 radical (unpaired) electrons. The van der Waals surface area contributed by atoms with Crippen LogP contribution in [0.1, 0.15) is 10.4 Å². The highest BCUT2D eigenvalue weighted by atomic mass is 35.5. The highest BCUT2D eigenvalue weighted by Crippen LogP contribution is 2.23. The Kier molecular flexibility index (Phi) is 3.30. The number of nitrogens with two attached hydrogens (primary N) is 1. The second-order valence-corrected chi connectivity index (χ2v) is 3.93. The Hall–Kier alpha value is -2.00. The summed E-state index contributed by atoms with van der Waals surface area (Å²) in [5, 5.41) is 3.13. The van der Waals surface area contributed by atoms with E-state index in [0.29, 0.717) is 16.3 Å². The molecule has 0 heterocycles. The number of anilines is 2. The van der Waals surface area contributed by atoms with Crippen molar-refractivity contribution in [2.45, 2.75) is 0 Å². The van der Waals surface area contributed by atoms with Crippen LogP contribution in [0.3, 0.4) is 0 Å². The monoisotopic (exact) mass is 246 g/mol. The Morgan fingerprint density at radius 3 is 2.47 bits per heavy atom. The van der Waals surface area contributed by atoms with E-state index in [1.165, 1.54) is 0 Å². The van der Waals surface area contributed by atoms with Crippen molar-refractivity contribution in [3.05, 3.63) is 59.1 Å². The maximum atomic E-state index is 11.9. The van der Waals surface area contributed by atoms with E-state index in [1.807, 2.05) is 18.2 Å². The fraction of sp³-hybridized carbons (Fsp3) is 0. The minimum absolute atomic E-state index is 0.267. The number of nitrogen functional groups attached to an aromatic ring is 1. The topological polar surface area (TPSA) is 55.1 Å². The minimum Gasteiger partial charge on any atom is -0.397 e. The number of rotatable bonds is 2. The zero-order valence-corrected chi connectivity index (χ0v) is 9.74. The van der Waals surface area contributed by atoms with Crippen molar-refractivity contribution in [1.29, 1.82) is 0 Å². The summed E-state index contributed by atoms with van der Waals surface area (Å²) in [6.07, 6.45) is 0. The Morgan fingerprint density at radius 2 is 1.76 bits per heavy atom. The number of benzene rings is 2. The molecular formula is C13H11ClN2O. The maximum Gasteiger partial charge on any atom is 0.257 e. The van der Waals surface area contributed by atoms with Gasteiger partial charge in [-0.2, -0.15) is 0 Å². The third-order valence-electron chi connectivity index (χ3n) is 2.33. The van der Waals surface area contributed by atoms with Gasteiger partial charge in [0, 0.05) is 5.69 Å². The molecule has 1 amide bonds. The minimum atomic E-state index is -0.267. The van der Waals surface area contributed by atoms with E-state index in [2.05, 4.69) is 5.32 Å². The second-order valence-electron chi connectivity index (χ2n) is 3.52. The third-order valence-corrected chi connectivity index (χ3v) is 2.66. The van der Waals surface area contributed by atoms with Gasteiger partial charge in [-0.15, -0.1) is 0 Å². The van der Waals surface area contributed by atoms with E-state index in [1.54, 1.807) is 30.3 Å². The Balaban J connectivity index is 2.24. The molecule has 3 nitrogen and oxygen atoms in total. The zero-order valence-electron chi connectivity index (χ0n) is 8.98. The highest BCUT2D eigenvalue weighted by Gasteiger charge is 2.11. The summed E-state index contributed by atoms with van der Waals surface area (Å²) in [5.74, 6) is -0.267. The van der Waals surface area contributed by atoms with Crippen molar-refractivity contribution in [2.75, 3.05) is 11.1 Å². The van der Waals surface area contributed by atoms with Crippen molar-refractivity contribution in [2.24, 2.45) is 0 Å². The lowest BCUT2D eigenvalue weighted by Crippen LogP contribution is -2.14. The number of carbonyl (C=O) groups is 1. The molecule has 0 spiro atoms. The van der Waals surface area contributed by atoms with Gasteiger partial charge in [-0.3, -0.25) is 4.79 Å². The normalized spacial score (nSPS) is 9.94. The summed E-state index contributed by atoms with van der Waals surface area (Å²) in [5.41, 5.74) is 7.13. The standard InChI is InChI=1S/C13H11ClN2O/c14-11-8-4-7-10(12(11)15)13(17)16-9-5-2-1-3-6-9/h1-8H,15H2,(H,16,17). The molecule has 3 N–H and O–H groups in total. The summed E-state index contributed by atoms with van der Waals surface area (Å²) >= 11 is 5.86. The smallest absolute Gasteiger partial charge is 0.257 e. The van der Waals surface area contributed by atoms with Gasteiger partial charge in [0.25, 0.3) is 5.91 Å². The number of para-hydroxylation sites is 2. The summed E-state index contributed by atoms with van der Waals surface area (Å²) in [6, 6.07) is 14.2. The van der Waals surface area contributed by atoms with Crippen molar-refractivity contribution >= 4 is 28.9 Å². The fourth-order valence-electron chi connectivity index (χ4n) is 1.45. The Labute approximate surface area is 104 Å². The van der Waals surface area contributed by atoms with Crippen LogP contribution in [0.5, 0.6) is 0 Å². The van der Waals surface area contributed by atoms with Gasteiger partial charge in [0.1, 0.15) is 0 Å². The summed E-state index contributed by atoms with van der Waals surface area (Å²) in [7, 11) is 0. The molecule has 4 heteroatoms. The lowest BCUT2D eigenvalue weighted by molar-refractivity contribution is 0.102. The van der Waals surface area contributed by atoms with E-state index >= 15 is 0 Å². The van der Waals surface area contributed by atoms with Crippen LogP contribution in [-0.2, 0) is 0 Å². The van der Waals surface area contributed by atoms with E-state index in [-0.39, 0.29) is 5.91 Å². The molecule has 0 saturated carbocycles. The molecule has 0 saturated heterocycles. The molecule has 0 unspecified atom stereocenters. The van der Waals surface area contributed by atoms with Gasteiger partial charge in [0.15, 0.2) is 0 Å². The summed E-state index contributed by atoms with van der Waals surface area (Å²) < 4.78 is 0. The number of nitrogens with one attached hydrogen (secondary N) is 1. The van der Waals surface area contributed by atoms with E-state index in [0.717, 1.165) is 5.69 Å². The van der Waals surface area contributed by atoms with Crippen LogP contribution in [0.2, 0.25) is 5.02 Å². The van der Waals surface area contributed by atoms with Crippen LogP contribution in [-0.4, -0.2) is 5.91 Å². The molecule has 86 valence electrons. The molecule has 0 bridgehead atoms. The lowest BCUT2D eigenvalue weighted by atomic mass is 10.1. The maximum absolute atomic E-state index is 11.9. The van der Waals surface area contributed by atoms with Crippen LogP contribution >= 0.6 is 11.6 Å². The predicted octanol–water partition coefficient (Wildman–Crippen LogP) is 3.17. The third kappa shape index (κ3) is 2.57. The molecule has 2 aromatic carbocycles. The van der Waals surface area contributed by atoms with Crippen LogP contribution < -0.4 is 11.1 Å². The molecule has 0 aliphatic carbocycles. The first-order chi connectivity index (χ1) is 8.18. The van der Waals surface area contributed by atoms with Crippen molar-refractivity contribution in [1.82, 2.24) is 0 Å². The Morgan fingerprint density at radius 1 is 1.06 bits per heavy atom. The molecule has 2 rings (SSSR count). The van der Waals surface area contributed by atoms with E-state index in [9.17, 15) is 4.79 Å². The molecular weight excluding hydrogens is 236 g/mol. The second kappa shape index (κ2) is 4.89. The van der Waals surface area contributed by atoms with Gasteiger partial charge >= 0.3 is 0 Å².